The normalized spacial score (nSPS) is 14.2. The topological polar surface area (TPSA) is 24.5 Å². The summed E-state index contributed by atoms with van der Waals surface area (Å²) in [5, 5.41) is 3.50. The fraction of sp³-hybridized carbons (Fsp3) is 1.00. The Balaban J connectivity index is 3.43. The number of likely N-dealkylation sites (N-methyl/N-ethyl adjacent to an activating group) is 1. The van der Waals surface area contributed by atoms with Gasteiger partial charge in [0.05, 0.1) is 0 Å². The Bertz CT molecular complexity index is 189. The molecule has 110 valence electrons. The van der Waals surface area contributed by atoms with Gasteiger partial charge in [-0.25, -0.2) is 0 Å². The van der Waals surface area contributed by atoms with E-state index < -0.39 is 0 Å². The zero-order chi connectivity index (χ0) is 14.0. The van der Waals surface area contributed by atoms with Crippen molar-refractivity contribution in [3.63, 3.8) is 0 Å². The van der Waals surface area contributed by atoms with Crippen LogP contribution in [0.1, 0.15) is 47.5 Å². The van der Waals surface area contributed by atoms with Crippen LogP contribution in [0.15, 0.2) is 0 Å². The van der Waals surface area contributed by atoms with Gasteiger partial charge in [0.1, 0.15) is 0 Å². The van der Waals surface area contributed by atoms with Crippen LogP contribution in [0.4, 0.5) is 0 Å². The highest BCUT2D eigenvalue weighted by molar-refractivity contribution is 4.77. The fourth-order valence-electron chi connectivity index (χ4n) is 1.83. The van der Waals surface area contributed by atoms with E-state index in [1.807, 2.05) is 6.92 Å². The highest BCUT2D eigenvalue weighted by atomic mass is 16.5. The maximum Gasteiger partial charge on any atom is 0.0466 e. The predicted octanol–water partition coefficient (Wildman–Crippen LogP) is 2.76. The lowest BCUT2D eigenvalue weighted by Gasteiger charge is -2.35. The number of rotatable bonds is 10. The minimum atomic E-state index is 0.353. The quantitative estimate of drug-likeness (QED) is 0.610. The molecule has 0 aliphatic heterocycles. The van der Waals surface area contributed by atoms with E-state index in [4.69, 9.17) is 4.74 Å². The van der Waals surface area contributed by atoms with E-state index >= 15 is 0 Å². The van der Waals surface area contributed by atoms with E-state index in [9.17, 15) is 0 Å². The molecule has 1 atom stereocenters. The summed E-state index contributed by atoms with van der Waals surface area (Å²) < 4.78 is 5.31. The van der Waals surface area contributed by atoms with Crippen LogP contribution in [0.2, 0.25) is 0 Å². The smallest absolute Gasteiger partial charge is 0.0466 e. The molecule has 0 aromatic heterocycles. The first-order valence-electron chi connectivity index (χ1n) is 7.38. The average Bonchev–Trinajstić information content (AvgIpc) is 2.30. The molecule has 3 nitrogen and oxygen atoms in total. The van der Waals surface area contributed by atoms with Crippen molar-refractivity contribution >= 4 is 0 Å². The molecule has 0 aromatic rings. The Kier molecular flexibility index (Phi) is 9.70. The van der Waals surface area contributed by atoms with Crippen LogP contribution in [0.5, 0.6) is 0 Å². The van der Waals surface area contributed by atoms with Crippen LogP contribution in [-0.4, -0.2) is 50.8 Å². The minimum absolute atomic E-state index is 0.353. The van der Waals surface area contributed by atoms with Crippen molar-refractivity contribution < 1.29 is 4.74 Å². The highest BCUT2D eigenvalue weighted by Gasteiger charge is 2.23. The Morgan fingerprint density at radius 1 is 1.17 bits per heavy atom. The molecule has 0 rings (SSSR count). The van der Waals surface area contributed by atoms with Crippen molar-refractivity contribution in [3.8, 4) is 0 Å². The van der Waals surface area contributed by atoms with E-state index in [1.54, 1.807) is 0 Å². The number of unbranched alkanes of at least 4 members (excludes halogenated alkanes) is 1. The molecule has 0 heterocycles. The van der Waals surface area contributed by atoms with Gasteiger partial charge < -0.3 is 15.0 Å². The molecule has 0 fully saturated rings. The number of hydrogen-bond donors (Lipinski definition) is 1. The summed E-state index contributed by atoms with van der Waals surface area (Å²) in [6.45, 7) is 16.3. The van der Waals surface area contributed by atoms with Crippen molar-refractivity contribution in [1.82, 2.24) is 10.2 Å². The van der Waals surface area contributed by atoms with Crippen LogP contribution in [-0.2, 0) is 4.74 Å². The average molecular weight is 258 g/mol. The first-order valence-corrected chi connectivity index (χ1v) is 7.38. The molecule has 0 saturated carbocycles. The Morgan fingerprint density at radius 2 is 1.83 bits per heavy atom. The monoisotopic (exact) mass is 258 g/mol. The summed E-state index contributed by atoms with van der Waals surface area (Å²) in [4.78, 5) is 2.44. The van der Waals surface area contributed by atoms with Crippen LogP contribution in [0, 0.1) is 5.41 Å². The zero-order valence-corrected chi connectivity index (χ0v) is 13.4. The maximum atomic E-state index is 5.31. The third-order valence-electron chi connectivity index (χ3n) is 3.65. The molecule has 0 amide bonds. The van der Waals surface area contributed by atoms with Gasteiger partial charge in [-0.3, -0.25) is 0 Å². The third-order valence-corrected chi connectivity index (χ3v) is 3.65. The van der Waals surface area contributed by atoms with E-state index in [0.29, 0.717) is 11.5 Å². The Morgan fingerprint density at radius 3 is 2.39 bits per heavy atom. The molecule has 1 unspecified atom stereocenters. The molecule has 0 aliphatic carbocycles. The number of hydrogen-bond acceptors (Lipinski definition) is 3. The second-order valence-corrected chi connectivity index (χ2v) is 6.18. The van der Waals surface area contributed by atoms with Gasteiger partial charge in [0.25, 0.3) is 0 Å². The molecule has 0 aromatic carbocycles. The molecular weight excluding hydrogens is 224 g/mol. The van der Waals surface area contributed by atoms with E-state index in [0.717, 1.165) is 39.3 Å². The summed E-state index contributed by atoms with van der Waals surface area (Å²) in [5.41, 5.74) is 0.353. The summed E-state index contributed by atoms with van der Waals surface area (Å²) in [7, 11) is 2.21. The zero-order valence-electron chi connectivity index (χ0n) is 13.4. The second kappa shape index (κ2) is 9.76. The van der Waals surface area contributed by atoms with Crippen molar-refractivity contribution in [2.24, 2.45) is 5.41 Å². The van der Waals surface area contributed by atoms with Crippen molar-refractivity contribution in [2.45, 2.75) is 53.5 Å². The van der Waals surface area contributed by atoms with E-state index in [1.165, 1.54) is 6.42 Å². The van der Waals surface area contributed by atoms with Crippen molar-refractivity contribution in [2.75, 3.05) is 39.9 Å². The number of nitrogens with one attached hydrogen (secondary N) is 1. The first kappa shape index (κ1) is 17.9. The standard InChI is InChI=1S/C15H34N2O/c1-7-18-13-9-8-10-16-11-12-17(6)14(2)15(3,4)5/h14,16H,7-13H2,1-6H3. The summed E-state index contributed by atoms with van der Waals surface area (Å²) >= 11 is 0. The second-order valence-electron chi connectivity index (χ2n) is 6.18. The molecule has 0 saturated heterocycles. The summed E-state index contributed by atoms with van der Waals surface area (Å²) in [5.74, 6) is 0. The minimum Gasteiger partial charge on any atom is -0.382 e. The van der Waals surface area contributed by atoms with Gasteiger partial charge in [-0.1, -0.05) is 20.8 Å². The van der Waals surface area contributed by atoms with Gasteiger partial charge in [-0.05, 0) is 45.7 Å². The molecule has 1 N–H and O–H groups in total. The Labute approximate surface area is 114 Å². The number of ether oxygens (including phenoxy) is 1. The van der Waals surface area contributed by atoms with E-state index in [2.05, 4.69) is 45.0 Å². The molecule has 0 aliphatic rings. The lowest BCUT2D eigenvalue weighted by molar-refractivity contribution is 0.139. The largest absolute Gasteiger partial charge is 0.382 e. The summed E-state index contributed by atoms with van der Waals surface area (Å²) in [6, 6.07) is 0.609. The Hall–Kier alpha value is -0.120. The highest BCUT2D eigenvalue weighted by Crippen LogP contribution is 2.22. The van der Waals surface area contributed by atoms with Gasteiger partial charge in [0.15, 0.2) is 0 Å². The third kappa shape index (κ3) is 8.90. The predicted molar refractivity (Wildman–Crippen MR) is 80.1 cm³/mol. The SMILES string of the molecule is CCOCCCCNCCN(C)C(C)C(C)(C)C. The first-order chi connectivity index (χ1) is 8.39. The van der Waals surface area contributed by atoms with Gasteiger partial charge in [0.2, 0.25) is 0 Å². The molecule has 0 spiro atoms. The lowest BCUT2D eigenvalue weighted by atomic mass is 9.87. The fourth-order valence-corrected chi connectivity index (χ4v) is 1.83. The van der Waals surface area contributed by atoms with Crippen LogP contribution < -0.4 is 5.32 Å². The molecule has 0 bridgehead atoms. The maximum absolute atomic E-state index is 5.31. The van der Waals surface area contributed by atoms with Crippen LogP contribution in [0.3, 0.4) is 0 Å². The molecule has 18 heavy (non-hydrogen) atoms. The van der Waals surface area contributed by atoms with Crippen molar-refractivity contribution in [1.29, 1.82) is 0 Å². The lowest BCUT2D eigenvalue weighted by Crippen LogP contribution is -2.42. The van der Waals surface area contributed by atoms with Gasteiger partial charge in [-0.2, -0.15) is 0 Å². The molecule has 3 heteroatoms. The van der Waals surface area contributed by atoms with E-state index in [-0.39, 0.29) is 0 Å². The summed E-state index contributed by atoms with van der Waals surface area (Å²) in [6.07, 6.45) is 2.37. The molecular formula is C15H34N2O. The number of nitrogens with zero attached hydrogens (tertiary/aromatic N) is 1. The van der Waals surface area contributed by atoms with Gasteiger partial charge >= 0.3 is 0 Å². The van der Waals surface area contributed by atoms with Gasteiger partial charge in [-0.15, -0.1) is 0 Å². The van der Waals surface area contributed by atoms with Crippen molar-refractivity contribution in [3.05, 3.63) is 0 Å². The van der Waals surface area contributed by atoms with Crippen LogP contribution >= 0.6 is 0 Å². The van der Waals surface area contributed by atoms with Crippen LogP contribution in [0.25, 0.3) is 0 Å². The molecule has 0 radical (unpaired) electrons. The van der Waals surface area contributed by atoms with Gasteiger partial charge in [0, 0.05) is 32.3 Å².